The zero-order valence-electron chi connectivity index (χ0n) is 36.6. The number of hydrogen-bond donors (Lipinski definition) is 4. The van der Waals surface area contributed by atoms with Crippen LogP contribution in [-0.2, 0) is 56.0 Å². The minimum Gasteiger partial charge on any atom is -0.467 e. The fraction of sp³-hybridized carbons (Fsp3) is 0.511. The number of hydrogen-bond acceptors (Lipinski definition) is 15. The van der Waals surface area contributed by atoms with Crippen LogP contribution in [0.2, 0.25) is 0 Å². The Morgan fingerprint density at radius 3 is 2.33 bits per heavy atom. The number of rotatable bonds is 17. The van der Waals surface area contributed by atoms with Gasteiger partial charge in [-0.25, -0.2) is 9.48 Å². The second-order valence-electron chi connectivity index (χ2n) is 16.1. The molecule has 1 saturated heterocycles. The van der Waals surface area contributed by atoms with E-state index in [0.29, 0.717) is 23.4 Å². The lowest BCUT2D eigenvalue weighted by Gasteiger charge is -2.48. The first-order valence-electron chi connectivity index (χ1n) is 21.0. The molecule has 2 fully saturated rings. The maximum absolute atomic E-state index is 13.8. The van der Waals surface area contributed by atoms with E-state index >= 15 is 0 Å². The molecule has 63 heavy (non-hydrogen) atoms. The van der Waals surface area contributed by atoms with E-state index in [9.17, 15) is 33.9 Å². The summed E-state index contributed by atoms with van der Waals surface area (Å²) < 4.78 is 30.1. The van der Waals surface area contributed by atoms with Gasteiger partial charge in [0.2, 0.25) is 5.91 Å². The van der Waals surface area contributed by atoms with Crippen LogP contribution >= 0.6 is 0 Å². The SMILES string of the molecule is COC(=O)[C@@]1(C/C=C/c2cccc(CN)c2)C[C@H](O)C(NC(=O)Cn2cc(C3CCCCC3)nn2)[C@H]([C@H](OC(C)=O)C(CNC(=O)c2cc(C)c(OC(C)=O)c(C)c2)OC(C)=O)O1. The van der Waals surface area contributed by atoms with Crippen molar-refractivity contribution >= 4 is 41.8 Å². The predicted molar refractivity (Wildman–Crippen MR) is 227 cm³/mol. The van der Waals surface area contributed by atoms with Gasteiger partial charge in [0.15, 0.2) is 17.8 Å². The largest absolute Gasteiger partial charge is 0.467 e. The zero-order chi connectivity index (χ0) is 45.8. The number of ether oxygens (including phenoxy) is 5. The molecular formula is C45H58N6O12. The van der Waals surface area contributed by atoms with E-state index in [2.05, 4.69) is 20.9 Å². The first-order chi connectivity index (χ1) is 30.0. The highest BCUT2D eigenvalue weighted by atomic mass is 16.6. The number of nitrogens with one attached hydrogen (secondary N) is 2. The average molecular weight is 875 g/mol. The maximum Gasteiger partial charge on any atom is 0.338 e. The third-order valence-corrected chi connectivity index (χ3v) is 11.1. The van der Waals surface area contributed by atoms with E-state index in [-0.39, 0.29) is 30.9 Å². The molecule has 0 bridgehead atoms. The summed E-state index contributed by atoms with van der Waals surface area (Å²) in [6.45, 7) is 6.33. The predicted octanol–water partition coefficient (Wildman–Crippen LogP) is 3.27. The number of methoxy groups -OCH3 is 1. The number of nitrogens with two attached hydrogens (primary N) is 1. The third-order valence-electron chi connectivity index (χ3n) is 11.1. The third kappa shape index (κ3) is 12.8. The number of aromatic nitrogens is 3. The highest BCUT2D eigenvalue weighted by Crippen LogP contribution is 2.38. The number of esters is 4. The quantitative estimate of drug-likeness (QED) is 0.0863. The Morgan fingerprint density at radius 1 is 1.00 bits per heavy atom. The van der Waals surface area contributed by atoms with Gasteiger partial charge in [-0.2, -0.15) is 0 Å². The molecule has 2 unspecified atom stereocenters. The molecule has 18 heteroatoms. The molecule has 3 aromatic rings. The Bertz CT molecular complexity index is 2140. The normalized spacial score (nSPS) is 21.2. The smallest absolute Gasteiger partial charge is 0.338 e. The van der Waals surface area contributed by atoms with Crippen molar-refractivity contribution < 1.29 is 57.6 Å². The Morgan fingerprint density at radius 2 is 1.70 bits per heavy atom. The van der Waals surface area contributed by atoms with Gasteiger partial charge in [-0.05, 0) is 61.1 Å². The van der Waals surface area contributed by atoms with Gasteiger partial charge in [0.1, 0.15) is 18.4 Å². The van der Waals surface area contributed by atoms with Crippen LogP contribution < -0.4 is 21.1 Å². The average Bonchev–Trinajstić information content (AvgIpc) is 3.71. The second kappa shape index (κ2) is 21.9. The van der Waals surface area contributed by atoms with Crippen molar-refractivity contribution in [3.05, 3.63) is 82.2 Å². The van der Waals surface area contributed by atoms with Crippen LogP contribution in [0.1, 0.15) is 110 Å². The minimum atomic E-state index is -1.93. The number of aliphatic hydroxyl groups excluding tert-OH is 1. The highest BCUT2D eigenvalue weighted by molar-refractivity contribution is 5.95. The van der Waals surface area contributed by atoms with Gasteiger partial charge in [0.25, 0.3) is 5.91 Å². The van der Waals surface area contributed by atoms with Crippen molar-refractivity contribution in [3.63, 3.8) is 0 Å². The number of amides is 2. The van der Waals surface area contributed by atoms with Crippen molar-refractivity contribution in [2.75, 3.05) is 13.7 Å². The maximum atomic E-state index is 13.8. The number of aryl methyl sites for hydroxylation is 2. The van der Waals surface area contributed by atoms with Gasteiger partial charge < -0.3 is 45.2 Å². The molecule has 340 valence electrons. The summed E-state index contributed by atoms with van der Waals surface area (Å²) in [7, 11) is 1.15. The fourth-order valence-electron chi connectivity index (χ4n) is 8.28. The molecule has 0 spiro atoms. The van der Waals surface area contributed by atoms with Crippen molar-refractivity contribution in [2.45, 2.75) is 135 Å². The summed E-state index contributed by atoms with van der Waals surface area (Å²) in [5.74, 6) is -3.83. The Kier molecular flexibility index (Phi) is 16.7. The van der Waals surface area contributed by atoms with Crippen molar-refractivity contribution in [1.29, 1.82) is 0 Å². The van der Waals surface area contributed by atoms with E-state index < -0.39 is 78.3 Å². The summed E-state index contributed by atoms with van der Waals surface area (Å²) in [5.41, 5.74) is 7.51. The van der Waals surface area contributed by atoms with Crippen LogP contribution in [0.4, 0.5) is 0 Å². The highest BCUT2D eigenvalue weighted by Gasteiger charge is 2.56. The van der Waals surface area contributed by atoms with E-state index in [0.717, 1.165) is 69.9 Å². The molecular weight excluding hydrogens is 817 g/mol. The van der Waals surface area contributed by atoms with Crippen LogP contribution in [0.15, 0.2) is 48.7 Å². The van der Waals surface area contributed by atoms with Gasteiger partial charge >= 0.3 is 23.9 Å². The molecule has 1 aliphatic heterocycles. The number of nitrogens with zero attached hydrogens (tertiary/aromatic N) is 3. The van der Waals surface area contributed by atoms with E-state index in [1.165, 1.54) is 23.7 Å². The Labute approximate surface area is 366 Å². The van der Waals surface area contributed by atoms with Crippen LogP contribution in [-0.4, -0.2) is 106 Å². The van der Waals surface area contributed by atoms with E-state index in [4.69, 9.17) is 29.4 Å². The molecule has 1 saturated carbocycles. The topological polar surface area (TPSA) is 250 Å². The van der Waals surface area contributed by atoms with E-state index in [1.54, 1.807) is 32.2 Å². The summed E-state index contributed by atoms with van der Waals surface area (Å²) in [6.07, 6.45) is 3.52. The molecule has 5 rings (SSSR count). The monoisotopic (exact) mass is 874 g/mol. The second-order valence-corrected chi connectivity index (χ2v) is 16.1. The lowest BCUT2D eigenvalue weighted by Crippen LogP contribution is -2.68. The molecule has 6 atom stereocenters. The first-order valence-corrected chi connectivity index (χ1v) is 21.0. The molecule has 2 heterocycles. The first kappa shape index (κ1) is 48.1. The fourth-order valence-corrected chi connectivity index (χ4v) is 8.28. The van der Waals surface area contributed by atoms with E-state index in [1.807, 2.05) is 24.3 Å². The van der Waals surface area contributed by atoms with Gasteiger partial charge in [-0.15, -0.1) is 5.10 Å². The van der Waals surface area contributed by atoms with Gasteiger partial charge in [-0.1, -0.05) is 60.9 Å². The van der Waals surface area contributed by atoms with Crippen LogP contribution in [0, 0.1) is 13.8 Å². The molecule has 18 nitrogen and oxygen atoms in total. The zero-order valence-corrected chi connectivity index (χ0v) is 36.6. The van der Waals surface area contributed by atoms with Gasteiger partial charge in [-0.3, -0.25) is 24.0 Å². The number of benzene rings is 2. The number of carbonyl (C=O) groups excluding carboxylic acids is 6. The molecule has 0 radical (unpaired) electrons. The Hall–Kier alpha value is -5.98. The number of carbonyl (C=O) groups is 6. The van der Waals surface area contributed by atoms with Gasteiger partial charge in [0, 0.05) is 57.8 Å². The lowest BCUT2D eigenvalue weighted by atomic mass is 9.81. The van der Waals surface area contributed by atoms with Crippen LogP contribution in [0.5, 0.6) is 5.75 Å². The molecule has 2 aliphatic rings. The summed E-state index contributed by atoms with van der Waals surface area (Å²) >= 11 is 0. The molecule has 1 aliphatic carbocycles. The molecule has 1 aromatic heterocycles. The molecule has 2 aromatic carbocycles. The Balaban J connectivity index is 1.50. The number of aliphatic hydroxyl groups is 1. The van der Waals surface area contributed by atoms with Crippen molar-refractivity contribution in [3.8, 4) is 5.75 Å². The standard InChI is InChI=1S/C45H58N6O12/c1-26-18-34(19-27(2)40(26)61-29(4)53)43(57)47-23-37(60-28(3)52)41(62-30(5)54)42-39(48-38(56)25-51-24-35(49-50-51)33-15-8-7-9-16-33)36(55)21-45(63-42,44(58)59-6)17-11-14-31-12-10-13-32(20-31)22-46/h10-14,18-20,24,33,36-37,39,41-42,55H,7-9,15-17,21-23,25,46H2,1-6H3,(H,47,57)(H,48,56)/b14-11+/t36-,37?,39?,41+,42+,45+/m0/s1. The van der Waals surface area contributed by atoms with Crippen LogP contribution in [0.3, 0.4) is 0 Å². The summed E-state index contributed by atoms with van der Waals surface area (Å²) in [5, 5.41) is 26.0. The van der Waals surface area contributed by atoms with Crippen molar-refractivity contribution in [1.82, 2.24) is 25.6 Å². The molecule has 5 N–H and O–H groups in total. The minimum absolute atomic E-state index is 0.159. The summed E-state index contributed by atoms with van der Waals surface area (Å²) in [6, 6.07) is 9.03. The lowest BCUT2D eigenvalue weighted by molar-refractivity contribution is -0.235. The summed E-state index contributed by atoms with van der Waals surface area (Å²) in [4.78, 5) is 78.6. The van der Waals surface area contributed by atoms with Crippen LogP contribution in [0.25, 0.3) is 6.08 Å². The molecule has 2 amide bonds. The van der Waals surface area contributed by atoms with Crippen molar-refractivity contribution in [2.24, 2.45) is 5.73 Å². The van der Waals surface area contributed by atoms with Gasteiger partial charge in [0.05, 0.1) is 31.5 Å².